The molecule has 0 N–H and O–H groups in total. The fraction of sp³-hybridized carbons (Fsp3) is 0.333. The van der Waals surface area contributed by atoms with Crippen LogP contribution in [0.1, 0.15) is 26.1 Å². The SMILES string of the molecule is CCC(C)(OC)c1nc(Cl)c(-c2ccccc2Br)c(Cl)n1. The Morgan fingerprint density at radius 1 is 1.19 bits per heavy atom. The lowest BCUT2D eigenvalue weighted by atomic mass is 10.0. The Labute approximate surface area is 142 Å². The summed E-state index contributed by atoms with van der Waals surface area (Å²) < 4.78 is 6.39. The minimum atomic E-state index is -0.611. The maximum atomic E-state index is 6.35. The number of halogens is 3. The van der Waals surface area contributed by atoms with E-state index in [2.05, 4.69) is 25.9 Å². The first kappa shape index (κ1) is 16.7. The van der Waals surface area contributed by atoms with E-state index in [4.69, 9.17) is 27.9 Å². The van der Waals surface area contributed by atoms with Crippen LogP contribution in [0.15, 0.2) is 28.7 Å². The smallest absolute Gasteiger partial charge is 0.163 e. The van der Waals surface area contributed by atoms with E-state index >= 15 is 0 Å². The zero-order valence-corrected chi connectivity index (χ0v) is 15.1. The average Bonchev–Trinajstić information content (AvgIpc) is 2.47. The van der Waals surface area contributed by atoms with Gasteiger partial charge in [-0.25, -0.2) is 9.97 Å². The summed E-state index contributed by atoms with van der Waals surface area (Å²) >= 11 is 16.2. The molecule has 0 amide bonds. The van der Waals surface area contributed by atoms with Crippen LogP contribution in [0, 0.1) is 0 Å². The van der Waals surface area contributed by atoms with E-state index in [-0.39, 0.29) is 0 Å². The molecule has 6 heteroatoms. The highest BCUT2D eigenvalue weighted by Crippen LogP contribution is 2.38. The van der Waals surface area contributed by atoms with Crippen molar-refractivity contribution in [1.29, 1.82) is 0 Å². The molecule has 21 heavy (non-hydrogen) atoms. The first-order valence-electron chi connectivity index (χ1n) is 6.46. The molecule has 0 saturated carbocycles. The molecule has 3 nitrogen and oxygen atoms in total. The van der Waals surface area contributed by atoms with E-state index in [1.807, 2.05) is 38.1 Å². The van der Waals surface area contributed by atoms with Gasteiger partial charge in [0.05, 0.1) is 5.56 Å². The van der Waals surface area contributed by atoms with Gasteiger partial charge in [0.2, 0.25) is 0 Å². The Kier molecular flexibility index (Phi) is 5.25. The van der Waals surface area contributed by atoms with Crippen LogP contribution in [0.3, 0.4) is 0 Å². The highest BCUT2D eigenvalue weighted by atomic mass is 79.9. The third-order valence-corrected chi connectivity index (χ3v) is 4.80. The van der Waals surface area contributed by atoms with E-state index in [0.29, 0.717) is 28.1 Å². The highest BCUT2D eigenvalue weighted by molar-refractivity contribution is 9.10. The van der Waals surface area contributed by atoms with Gasteiger partial charge in [-0.15, -0.1) is 0 Å². The summed E-state index contributed by atoms with van der Waals surface area (Å²) in [6, 6.07) is 7.66. The molecular formula is C15H15BrCl2N2O. The van der Waals surface area contributed by atoms with Gasteiger partial charge in [0, 0.05) is 17.1 Å². The van der Waals surface area contributed by atoms with E-state index in [0.717, 1.165) is 10.0 Å². The maximum absolute atomic E-state index is 6.35. The summed E-state index contributed by atoms with van der Waals surface area (Å²) in [4.78, 5) is 8.78. The van der Waals surface area contributed by atoms with Crippen molar-refractivity contribution in [3.63, 3.8) is 0 Å². The van der Waals surface area contributed by atoms with Gasteiger partial charge in [-0.1, -0.05) is 64.3 Å². The lowest BCUT2D eigenvalue weighted by Gasteiger charge is -2.25. The molecule has 0 saturated heterocycles. The number of ether oxygens (including phenoxy) is 1. The monoisotopic (exact) mass is 388 g/mol. The second kappa shape index (κ2) is 6.61. The fourth-order valence-electron chi connectivity index (χ4n) is 1.92. The molecule has 1 atom stereocenters. The molecule has 112 valence electrons. The standard InChI is InChI=1S/C15H15BrCl2N2O/c1-4-15(2,21-3)14-19-12(17)11(13(18)20-14)9-7-5-6-8-10(9)16/h5-8H,4H2,1-3H3. The van der Waals surface area contributed by atoms with Crippen LogP contribution in [0.25, 0.3) is 11.1 Å². The Hall–Kier alpha value is -0.680. The number of rotatable bonds is 4. The van der Waals surface area contributed by atoms with Crippen molar-refractivity contribution >= 4 is 39.1 Å². The number of methoxy groups -OCH3 is 1. The van der Waals surface area contributed by atoms with E-state index < -0.39 is 5.60 Å². The normalized spacial score (nSPS) is 14.0. The Morgan fingerprint density at radius 2 is 1.76 bits per heavy atom. The van der Waals surface area contributed by atoms with Crippen LogP contribution in [0.5, 0.6) is 0 Å². The Bertz CT molecular complexity index is 637. The molecule has 0 fully saturated rings. The van der Waals surface area contributed by atoms with Crippen LogP contribution in [0.2, 0.25) is 10.3 Å². The molecule has 0 aliphatic rings. The summed E-state index contributed by atoms with van der Waals surface area (Å²) in [6.45, 7) is 3.91. The molecule has 1 heterocycles. The third kappa shape index (κ3) is 3.24. The predicted octanol–water partition coefficient (Wildman–Crippen LogP) is 5.48. The van der Waals surface area contributed by atoms with Crippen LogP contribution < -0.4 is 0 Å². The highest BCUT2D eigenvalue weighted by Gasteiger charge is 2.29. The lowest BCUT2D eigenvalue weighted by Crippen LogP contribution is -2.26. The third-order valence-electron chi connectivity index (χ3n) is 3.56. The van der Waals surface area contributed by atoms with Crippen molar-refractivity contribution in [2.45, 2.75) is 25.9 Å². The average molecular weight is 390 g/mol. The molecule has 0 bridgehead atoms. The molecule has 2 rings (SSSR count). The number of hydrogen-bond donors (Lipinski definition) is 0. The molecule has 0 radical (unpaired) electrons. The first-order valence-corrected chi connectivity index (χ1v) is 8.01. The molecule has 1 unspecified atom stereocenters. The zero-order chi connectivity index (χ0) is 15.6. The fourth-order valence-corrected chi connectivity index (χ4v) is 3.00. The zero-order valence-electron chi connectivity index (χ0n) is 12.0. The van der Waals surface area contributed by atoms with Crippen LogP contribution in [-0.4, -0.2) is 17.1 Å². The van der Waals surface area contributed by atoms with Gasteiger partial charge in [-0.2, -0.15) is 0 Å². The van der Waals surface area contributed by atoms with Crippen LogP contribution >= 0.6 is 39.1 Å². The van der Waals surface area contributed by atoms with Gasteiger partial charge >= 0.3 is 0 Å². The summed E-state index contributed by atoms with van der Waals surface area (Å²) in [6.07, 6.45) is 0.713. The molecule has 1 aromatic carbocycles. The molecule has 2 aromatic rings. The Morgan fingerprint density at radius 3 is 2.24 bits per heavy atom. The van der Waals surface area contributed by atoms with E-state index in [1.54, 1.807) is 7.11 Å². The number of nitrogens with zero attached hydrogens (tertiary/aromatic N) is 2. The van der Waals surface area contributed by atoms with Gasteiger partial charge in [0.25, 0.3) is 0 Å². The lowest BCUT2D eigenvalue weighted by molar-refractivity contribution is -0.00894. The van der Waals surface area contributed by atoms with Gasteiger partial charge in [0.15, 0.2) is 5.82 Å². The number of hydrogen-bond acceptors (Lipinski definition) is 3. The van der Waals surface area contributed by atoms with Gasteiger partial charge in [0.1, 0.15) is 15.9 Å². The van der Waals surface area contributed by atoms with Gasteiger partial charge in [-0.05, 0) is 19.4 Å². The summed E-state index contributed by atoms with van der Waals surface area (Å²) in [7, 11) is 1.62. The summed E-state index contributed by atoms with van der Waals surface area (Å²) in [5.74, 6) is 0.485. The van der Waals surface area contributed by atoms with Crippen LogP contribution in [-0.2, 0) is 10.3 Å². The largest absolute Gasteiger partial charge is 0.371 e. The number of aromatic nitrogens is 2. The second-order valence-electron chi connectivity index (χ2n) is 4.77. The van der Waals surface area contributed by atoms with Gasteiger partial charge < -0.3 is 4.74 Å². The van der Waals surface area contributed by atoms with Crippen molar-refractivity contribution in [3.05, 3.63) is 44.9 Å². The molecule has 0 aliphatic heterocycles. The minimum absolute atomic E-state index is 0.314. The molecular weight excluding hydrogens is 375 g/mol. The summed E-state index contributed by atoms with van der Waals surface area (Å²) in [5.41, 5.74) is 0.860. The maximum Gasteiger partial charge on any atom is 0.163 e. The van der Waals surface area contributed by atoms with Crippen molar-refractivity contribution in [2.24, 2.45) is 0 Å². The minimum Gasteiger partial charge on any atom is -0.371 e. The predicted molar refractivity (Wildman–Crippen MR) is 89.8 cm³/mol. The molecule has 0 spiro atoms. The van der Waals surface area contributed by atoms with Crippen LogP contribution in [0.4, 0.5) is 0 Å². The van der Waals surface area contributed by atoms with Crippen molar-refractivity contribution < 1.29 is 4.74 Å². The Balaban J connectivity index is 2.61. The second-order valence-corrected chi connectivity index (χ2v) is 6.34. The van der Waals surface area contributed by atoms with E-state index in [1.165, 1.54) is 0 Å². The quantitative estimate of drug-likeness (QED) is 0.649. The van der Waals surface area contributed by atoms with Crippen molar-refractivity contribution in [2.75, 3.05) is 7.11 Å². The van der Waals surface area contributed by atoms with E-state index in [9.17, 15) is 0 Å². The number of benzene rings is 1. The summed E-state index contributed by atoms with van der Waals surface area (Å²) in [5, 5.41) is 0.627. The van der Waals surface area contributed by atoms with Crippen molar-refractivity contribution in [3.8, 4) is 11.1 Å². The topological polar surface area (TPSA) is 35.0 Å². The first-order chi connectivity index (χ1) is 9.92. The van der Waals surface area contributed by atoms with Gasteiger partial charge in [-0.3, -0.25) is 0 Å². The molecule has 0 aliphatic carbocycles. The molecule has 1 aromatic heterocycles. The van der Waals surface area contributed by atoms with Crippen molar-refractivity contribution in [1.82, 2.24) is 9.97 Å².